The molecule has 21 heavy (non-hydrogen) atoms. The first-order valence-corrected chi connectivity index (χ1v) is 8.36. The Morgan fingerprint density at radius 2 is 2.10 bits per heavy atom. The first kappa shape index (κ1) is 14.9. The molecular weight excluding hydrogens is 262 g/mol. The fourth-order valence-electron chi connectivity index (χ4n) is 4.12. The van der Waals surface area contributed by atoms with E-state index in [0.717, 1.165) is 44.6 Å². The van der Waals surface area contributed by atoms with Gasteiger partial charge in [-0.05, 0) is 45.2 Å². The van der Waals surface area contributed by atoms with E-state index in [0.29, 0.717) is 0 Å². The lowest BCUT2D eigenvalue weighted by Gasteiger charge is -2.39. The summed E-state index contributed by atoms with van der Waals surface area (Å²) in [5.74, 6) is 1.11. The number of nitrogens with one attached hydrogen (secondary N) is 1. The lowest BCUT2D eigenvalue weighted by molar-refractivity contribution is -0.0616. The molecule has 1 atom stereocenters. The van der Waals surface area contributed by atoms with Crippen molar-refractivity contribution >= 4 is 0 Å². The molecule has 1 aromatic rings. The zero-order valence-corrected chi connectivity index (χ0v) is 13.3. The fourth-order valence-corrected chi connectivity index (χ4v) is 4.12. The molecule has 1 aliphatic heterocycles. The average Bonchev–Trinajstić information content (AvgIpc) is 2.98. The number of fused-ring (bicyclic) bond motifs is 1. The molecule has 0 amide bonds. The van der Waals surface area contributed by atoms with Gasteiger partial charge in [0, 0.05) is 12.2 Å². The van der Waals surface area contributed by atoms with Gasteiger partial charge in [0.2, 0.25) is 0 Å². The second-order valence-corrected chi connectivity index (χ2v) is 6.21. The molecule has 1 aromatic carbocycles. The van der Waals surface area contributed by atoms with Crippen LogP contribution in [-0.2, 0) is 11.2 Å². The molecule has 3 rings (SSSR count). The van der Waals surface area contributed by atoms with Crippen LogP contribution in [0.5, 0.6) is 5.75 Å². The number of para-hydroxylation sites is 1. The van der Waals surface area contributed by atoms with Gasteiger partial charge in [-0.15, -0.1) is 0 Å². The Morgan fingerprint density at radius 1 is 1.29 bits per heavy atom. The number of likely N-dealkylation sites (N-methyl/N-ethyl adjacent to an activating group) is 1. The van der Waals surface area contributed by atoms with Gasteiger partial charge in [0.05, 0.1) is 18.2 Å². The number of benzene rings is 1. The van der Waals surface area contributed by atoms with Crippen LogP contribution >= 0.6 is 0 Å². The van der Waals surface area contributed by atoms with Gasteiger partial charge in [-0.3, -0.25) is 0 Å². The SMILES string of the molecule is CCOC1(C(NC)c2cccc3c2OCCC3)CCCC1. The Kier molecular flexibility index (Phi) is 4.51. The molecule has 2 aliphatic rings. The third-order valence-corrected chi connectivity index (χ3v) is 4.97. The van der Waals surface area contributed by atoms with E-state index in [1.807, 2.05) is 7.05 Å². The van der Waals surface area contributed by atoms with E-state index >= 15 is 0 Å². The van der Waals surface area contributed by atoms with Crippen molar-refractivity contribution in [2.45, 2.75) is 57.1 Å². The second-order valence-electron chi connectivity index (χ2n) is 6.21. The van der Waals surface area contributed by atoms with Crippen molar-refractivity contribution in [1.29, 1.82) is 0 Å². The summed E-state index contributed by atoms with van der Waals surface area (Å²) in [5, 5.41) is 3.53. The zero-order chi connectivity index (χ0) is 14.7. The van der Waals surface area contributed by atoms with Crippen LogP contribution in [0, 0.1) is 0 Å². The monoisotopic (exact) mass is 289 g/mol. The number of rotatable bonds is 5. The van der Waals surface area contributed by atoms with Gasteiger partial charge in [0.25, 0.3) is 0 Å². The van der Waals surface area contributed by atoms with E-state index in [9.17, 15) is 0 Å². The molecule has 1 N–H and O–H groups in total. The standard InChI is InChI=1S/C18H27NO2/c1-3-21-18(11-4-5-12-18)17(19-2)15-10-6-8-14-9-7-13-20-16(14)15/h6,8,10,17,19H,3-5,7,9,11-13H2,1-2H3. The summed E-state index contributed by atoms with van der Waals surface area (Å²) >= 11 is 0. The molecule has 1 heterocycles. The minimum absolute atomic E-state index is 0.0700. The molecule has 1 aliphatic carbocycles. The van der Waals surface area contributed by atoms with Crippen molar-refractivity contribution < 1.29 is 9.47 Å². The maximum Gasteiger partial charge on any atom is 0.127 e. The highest BCUT2D eigenvalue weighted by Crippen LogP contribution is 2.46. The fraction of sp³-hybridized carbons (Fsp3) is 0.667. The highest BCUT2D eigenvalue weighted by atomic mass is 16.5. The third-order valence-electron chi connectivity index (χ3n) is 4.97. The molecule has 0 spiro atoms. The van der Waals surface area contributed by atoms with Crippen molar-refractivity contribution in [3.05, 3.63) is 29.3 Å². The van der Waals surface area contributed by atoms with Crippen molar-refractivity contribution in [2.24, 2.45) is 0 Å². The molecule has 0 saturated heterocycles. The van der Waals surface area contributed by atoms with Gasteiger partial charge in [-0.25, -0.2) is 0 Å². The highest BCUT2D eigenvalue weighted by Gasteiger charge is 2.43. The van der Waals surface area contributed by atoms with Gasteiger partial charge in [0.15, 0.2) is 0 Å². The Labute approximate surface area is 128 Å². The van der Waals surface area contributed by atoms with Gasteiger partial charge in [-0.2, -0.15) is 0 Å². The van der Waals surface area contributed by atoms with Gasteiger partial charge in [0.1, 0.15) is 5.75 Å². The van der Waals surface area contributed by atoms with Crippen LogP contribution < -0.4 is 10.1 Å². The van der Waals surface area contributed by atoms with Crippen LogP contribution in [0.15, 0.2) is 18.2 Å². The summed E-state index contributed by atoms with van der Waals surface area (Å²) in [6.07, 6.45) is 7.03. The Balaban J connectivity index is 1.99. The molecule has 1 unspecified atom stereocenters. The zero-order valence-electron chi connectivity index (χ0n) is 13.3. The highest BCUT2D eigenvalue weighted by molar-refractivity contribution is 5.45. The molecular formula is C18H27NO2. The van der Waals surface area contributed by atoms with E-state index < -0.39 is 0 Å². The van der Waals surface area contributed by atoms with Gasteiger partial charge < -0.3 is 14.8 Å². The summed E-state index contributed by atoms with van der Waals surface area (Å²) in [4.78, 5) is 0. The molecule has 116 valence electrons. The minimum atomic E-state index is -0.0700. The summed E-state index contributed by atoms with van der Waals surface area (Å²) in [6.45, 7) is 3.71. The number of aryl methyl sites for hydroxylation is 1. The Hall–Kier alpha value is -1.06. The van der Waals surface area contributed by atoms with E-state index in [1.165, 1.54) is 24.0 Å². The maximum absolute atomic E-state index is 6.27. The second kappa shape index (κ2) is 6.37. The quantitative estimate of drug-likeness (QED) is 0.898. The van der Waals surface area contributed by atoms with Crippen molar-refractivity contribution in [3.8, 4) is 5.75 Å². The lowest BCUT2D eigenvalue weighted by Crippen LogP contribution is -2.43. The molecule has 1 fully saturated rings. The predicted molar refractivity (Wildman–Crippen MR) is 84.9 cm³/mol. The van der Waals surface area contributed by atoms with Crippen LogP contribution in [0.4, 0.5) is 0 Å². The molecule has 3 heteroatoms. The smallest absolute Gasteiger partial charge is 0.127 e. The summed E-state index contributed by atoms with van der Waals surface area (Å²) in [5.41, 5.74) is 2.56. The van der Waals surface area contributed by atoms with Crippen LogP contribution in [0.3, 0.4) is 0 Å². The predicted octanol–water partition coefficient (Wildman–Crippen LogP) is 3.62. The third kappa shape index (κ3) is 2.69. The molecule has 0 radical (unpaired) electrons. The molecule has 1 saturated carbocycles. The molecule has 0 aromatic heterocycles. The lowest BCUT2D eigenvalue weighted by atomic mass is 9.84. The largest absolute Gasteiger partial charge is 0.493 e. The first-order valence-electron chi connectivity index (χ1n) is 8.36. The summed E-state index contributed by atoms with van der Waals surface area (Å²) < 4.78 is 12.3. The topological polar surface area (TPSA) is 30.5 Å². The van der Waals surface area contributed by atoms with Gasteiger partial charge >= 0.3 is 0 Å². The molecule has 3 nitrogen and oxygen atoms in total. The minimum Gasteiger partial charge on any atom is -0.493 e. The van der Waals surface area contributed by atoms with Crippen molar-refractivity contribution in [3.63, 3.8) is 0 Å². The van der Waals surface area contributed by atoms with Crippen molar-refractivity contribution in [2.75, 3.05) is 20.3 Å². The van der Waals surface area contributed by atoms with E-state index in [1.54, 1.807) is 0 Å². The van der Waals surface area contributed by atoms with Crippen LogP contribution in [0.1, 0.15) is 56.2 Å². The maximum atomic E-state index is 6.27. The van der Waals surface area contributed by atoms with Crippen molar-refractivity contribution in [1.82, 2.24) is 5.32 Å². The summed E-state index contributed by atoms with van der Waals surface area (Å²) in [7, 11) is 2.05. The first-order chi connectivity index (χ1) is 10.3. The van der Waals surface area contributed by atoms with E-state index in [2.05, 4.69) is 30.4 Å². The number of hydrogen-bond acceptors (Lipinski definition) is 3. The van der Waals surface area contributed by atoms with Crippen LogP contribution in [0.2, 0.25) is 0 Å². The summed E-state index contributed by atoms with van der Waals surface area (Å²) in [6, 6.07) is 6.80. The van der Waals surface area contributed by atoms with Crippen LogP contribution in [0.25, 0.3) is 0 Å². The van der Waals surface area contributed by atoms with Crippen LogP contribution in [-0.4, -0.2) is 25.9 Å². The Morgan fingerprint density at radius 3 is 2.81 bits per heavy atom. The average molecular weight is 289 g/mol. The normalized spacial score (nSPS) is 21.6. The van der Waals surface area contributed by atoms with Gasteiger partial charge in [-0.1, -0.05) is 31.0 Å². The number of ether oxygens (including phenoxy) is 2. The van der Waals surface area contributed by atoms with E-state index in [4.69, 9.17) is 9.47 Å². The Bertz CT molecular complexity index is 480. The number of hydrogen-bond donors (Lipinski definition) is 1. The molecule has 0 bridgehead atoms. The van der Waals surface area contributed by atoms with E-state index in [-0.39, 0.29) is 11.6 Å².